The molecule has 0 aromatic carbocycles. The number of rotatable bonds is 3. The average molecular weight is 399 g/mol. The van der Waals surface area contributed by atoms with Crippen LogP contribution in [-0.4, -0.2) is 76.7 Å². The van der Waals surface area contributed by atoms with Gasteiger partial charge in [-0.1, -0.05) is 11.3 Å². The van der Waals surface area contributed by atoms with Crippen LogP contribution in [0.2, 0.25) is 0 Å². The molecule has 2 fully saturated rings. The van der Waals surface area contributed by atoms with Gasteiger partial charge in [0.15, 0.2) is 0 Å². The number of nitrogens with zero attached hydrogens (tertiary/aromatic N) is 7. The Morgan fingerprint density at radius 1 is 1.14 bits per heavy atom. The van der Waals surface area contributed by atoms with Gasteiger partial charge in [-0.3, -0.25) is 14.6 Å². The second-order valence-corrected chi connectivity index (χ2v) is 8.05. The highest BCUT2D eigenvalue weighted by atomic mass is 32.1. The number of hydrogen-bond donors (Lipinski definition) is 0. The molecule has 144 valence electrons. The van der Waals surface area contributed by atoms with E-state index in [1.807, 2.05) is 29.0 Å². The van der Waals surface area contributed by atoms with Gasteiger partial charge in [0, 0.05) is 24.8 Å². The molecule has 1 amide bonds. The molecule has 0 unspecified atom stereocenters. The Morgan fingerprint density at radius 2 is 2.00 bits per heavy atom. The maximum atomic E-state index is 13.0. The zero-order chi connectivity index (χ0) is 19.3. The summed E-state index contributed by atoms with van der Waals surface area (Å²) >= 11 is 1.44. The maximum Gasteiger partial charge on any atom is 0.243 e. The van der Waals surface area contributed by atoms with E-state index in [0.29, 0.717) is 37.6 Å². The number of hydrogen-bond acceptors (Lipinski definition) is 8. The number of carbonyl (C=O) groups excluding carboxylic acids is 1. The second-order valence-electron chi connectivity index (χ2n) is 7.07. The van der Waals surface area contributed by atoms with Gasteiger partial charge in [-0.2, -0.15) is 4.98 Å². The molecule has 5 heterocycles. The van der Waals surface area contributed by atoms with Gasteiger partial charge in [-0.05, 0) is 19.2 Å². The van der Waals surface area contributed by atoms with Gasteiger partial charge in [0.05, 0.1) is 25.8 Å². The number of amides is 1. The molecule has 0 bridgehead atoms. The molecule has 0 radical (unpaired) electrons. The molecule has 0 aliphatic carbocycles. The topological polar surface area (TPSA) is 78.4 Å². The summed E-state index contributed by atoms with van der Waals surface area (Å²) in [6.45, 7) is 2.54. The summed E-state index contributed by atoms with van der Waals surface area (Å²) < 4.78 is 13.0. The number of fused-ring (bicyclic) bond motifs is 1. The molecule has 2 aliphatic rings. The van der Waals surface area contributed by atoms with Crippen molar-refractivity contribution in [1.29, 1.82) is 0 Å². The van der Waals surface area contributed by atoms with E-state index in [1.54, 1.807) is 17.3 Å². The Bertz CT molecular complexity index is 1030. The third-order valence-electron chi connectivity index (χ3n) is 4.95. The summed E-state index contributed by atoms with van der Waals surface area (Å²) in [7, 11) is 1.92. The van der Waals surface area contributed by atoms with Crippen LogP contribution in [0.25, 0.3) is 20.9 Å². The van der Waals surface area contributed by atoms with E-state index in [4.69, 9.17) is 0 Å². The number of alkyl halides is 1. The standard InChI is InChI=1S/C18H18FN7OS/c1-24-4-5-26(15(27)10-24)18-21-7-13-17(23-18)28-16(22-13)11-2-3-14(20-6-11)25-8-12(19)9-25/h2-3,6-7,12H,4-5,8-10H2,1H3. The van der Waals surface area contributed by atoms with Crippen molar-refractivity contribution in [3.63, 3.8) is 0 Å². The lowest BCUT2D eigenvalue weighted by molar-refractivity contribution is -0.120. The lowest BCUT2D eigenvalue weighted by atomic mass is 10.2. The van der Waals surface area contributed by atoms with Crippen LogP contribution in [0.3, 0.4) is 0 Å². The van der Waals surface area contributed by atoms with E-state index >= 15 is 0 Å². The number of piperazine rings is 1. The third-order valence-corrected chi connectivity index (χ3v) is 5.96. The largest absolute Gasteiger partial charge is 0.351 e. The fourth-order valence-corrected chi connectivity index (χ4v) is 4.19. The van der Waals surface area contributed by atoms with Crippen molar-refractivity contribution in [2.24, 2.45) is 0 Å². The van der Waals surface area contributed by atoms with Crippen molar-refractivity contribution in [3.8, 4) is 10.6 Å². The third kappa shape index (κ3) is 3.08. The molecule has 10 heteroatoms. The minimum absolute atomic E-state index is 0.000796. The zero-order valence-corrected chi connectivity index (χ0v) is 16.1. The number of anilines is 2. The van der Waals surface area contributed by atoms with Crippen LogP contribution in [0, 0.1) is 0 Å². The van der Waals surface area contributed by atoms with Crippen molar-refractivity contribution in [2.75, 3.05) is 49.6 Å². The van der Waals surface area contributed by atoms with Crippen molar-refractivity contribution in [2.45, 2.75) is 6.17 Å². The number of halogens is 1. The smallest absolute Gasteiger partial charge is 0.243 e. The van der Waals surface area contributed by atoms with Crippen LogP contribution in [0.5, 0.6) is 0 Å². The lowest BCUT2D eigenvalue weighted by Gasteiger charge is -2.35. The Labute approximate surface area is 164 Å². The minimum atomic E-state index is -0.759. The zero-order valence-electron chi connectivity index (χ0n) is 15.2. The number of likely N-dealkylation sites (N-methyl/N-ethyl adjacent to an activating group) is 1. The molecule has 0 N–H and O–H groups in total. The summed E-state index contributed by atoms with van der Waals surface area (Å²) in [6, 6.07) is 3.82. The van der Waals surface area contributed by atoms with E-state index in [0.717, 1.165) is 27.8 Å². The first-order valence-electron chi connectivity index (χ1n) is 9.05. The van der Waals surface area contributed by atoms with Gasteiger partial charge in [-0.15, -0.1) is 0 Å². The van der Waals surface area contributed by atoms with Crippen molar-refractivity contribution in [1.82, 2.24) is 24.8 Å². The maximum absolute atomic E-state index is 13.0. The van der Waals surface area contributed by atoms with Gasteiger partial charge in [0.1, 0.15) is 27.3 Å². The van der Waals surface area contributed by atoms with E-state index in [1.165, 1.54) is 11.3 Å². The molecule has 2 aliphatic heterocycles. The number of carbonyl (C=O) groups is 1. The van der Waals surface area contributed by atoms with Crippen LogP contribution in [-0.2, 0) is 4.79 Å². The minimum Gasteiger partial charge on any atom is -0.351 e. The van der Waals surface area contributed by atoms with Gasteiger partial charge >= 0.3 is 0 Å². The first kappa shape index (κ1) is 17.4. The van der Waals surface area contributed by atoms with E-state index in [-0.39, 0.29) is 5.91 Å². The van der Waals surface area contributed by atoms with Gasteiger partial charge in [0.2, 0.25) is 11.9 Å². The SMILES string of the molecule is CN1CCN(c2ncc3nc(-c4ccc(N5CC(F)C5)nc4)sc3n2)C(=O)C1. The van der Waals surface area contributed by atoms with Gasteiger partial charge in [-0.25, -0.2) is 19.3 Å². The van der Waals surface area contributed by atoms with Gasteiger partial charge in [0.25, 0.3) is 0 Å². The fraction of sp³-hybridized carbons (Fsp3) is 0.389. The van der Waals surface area contributed by atoms with Crippen LogP contribution < -0.4 is 9.80 Å². The molecule has 0 saturated carbocycles. The summed E-state index contributed by atoms with van der Waals surface area (Å²) in [5.41, 5.74) is 1.57. The van der Waals surface area contributed by atoms with Crippen LogP contribution >= 0.6 is 11.3 Å². The summed E-state index contributed by atoms with van der Waals surface area (Å²) in [6.07, 6.45) is 2.65. The molecular formula is C18H18FN7OS. The Morgan fingerprint density at radius 3 is 2.71 bits per heavy atom. The number of thiazole rings is 1. The van der Waals surface area contributed by atoms with Crippen LogP contribution in [0.1, 0.15) is 0 Å². The highest BCUT2D eigenvalue weighted by Crippen LogP contribution is 2.31. The first-order valence-corrected chi connectivity index (χ1v) is 9.86. The second kappa shape index (κ2) is 6.71. The lowest BCUT2D eigenvalue weighted by Crippen LogP contribution is -2.49. The van der Waals surface area contributed by atoms with E-state index in [9.17, 15) is 9.18 Å². The van der Waals surface area contributed by atoms with Gasteiger partial charge < -0.3 is 4.90 Å². The van der Waals surface area contributed by atoms with Crippen LogP contribution in [0.4, 0.5) is 16.2 Å². The summed E-state index contributed by atoms with van der Waals surface area (Å²) in [5.74, 6) is 1.20. The molecule has 3 aromatic heterocycles. The summed E-state index contributed by atoms with van der Waals surface area (Å²) in [5, 5.41) is 0.789. The highest BCUT2D eigenvalue weighted by molar-refractivity contribution is 7.21. The monoisotopic (exact) mass is 399 g/mol. The molecule has 8 nitrogen and oxygen atoms in total. The molecule has 28 heavy (non-hydrogen) atoms. The normalized spacial score (nSPS) is 18.7. The van der Waals surface area contributed by atoms with E-state index < -0.39 is 6.17 Å². The van der Waals surface area contributed by atoms with Crippen molar-refractivity contribution < 1.29 is 9.18 Å². The Kier molecular flexibility index (Phi) is 4.17. The quantitative estimate of drug-likeness (QED) is 0.662. The Balaban J connectivity index is 1.40. The number of pyridine rings is 1. The fourth-order valence-electron chi connectivity index (χ4n) is 3.29. The molecule has 3 aromatic rings. The molecule has 0 spiro atoms. The molecule has 0 atom stereocenters. The van der Waals surface area contributed by atoms with Crippen molar-refractivity contribution >= 4 is 39.4 Å². The Hall–Kier alpha value is -2.72. The first-order chi connectivity index (χ1) is 13.6. The average Bonchev–Trinajstić information content (AvgIpc) is 3.09. The predicted octanol–water partition coefficient (Wildman–Crippen LogP) is 1.58. The highest BCUT2D eigenvalue weighted by Gasteiger charge is 2.27. The van der Waals surface area contributed by atoms with Crippen molar-refractivity contribution in [3.05, 3.63) is 24.5 Å². The predicted molar refractivity (Wildman–Crippen MR) is 105 cm³/mol. The molecule has 2 saturated heterocycles. The number of aromatic nitrogens is 4. The molecular weight excluding hydrogens is 381 g/mol. The van der Waals surface area contributed by atoms with Crippen LogP contribution in [0.15, 0.2) is 24.5 Å². The summed E-state index contributed by atoms with van der Waals surface area (Å²) in [4.78, 5) is 36.4. The van der Waals surface area contributed by atoms with E-state index in [2.05, 4.69) is 19.9 Å². The molecule has 5 rings (SSSR count).